The Kier molecular flexibility index (Phi) is 3.82. The Morgan fingerprint density at radius 2 is 2.00 bits per heavy atom. The number of rotatable bonds is 4. The number of ether oxygens (including phenoxy) is 1. The van der Waals surface area contributed by atoms with Crippen LogP contribution < -0.4 is 4.74 Å². The number of hydrogen-bond donors (Lipinski definition) is 1. The van der Waals surface area contributed by atoms with Gasteiger partial charge in [0.1, 0.15) is 5.82 Å². The van der Waals surface area contributed by atoms with Gasteiger partial charge in [0, 0.05) is 5.56 Å². The molecule has 1 N–H and O–H groups in total. The summed E-state index contributed by atoms with van der Waals surface area (Å²) in [5, 5.41) is 8.71. The topological polar surface area (TPSA) is 46.5 Å². The normalized spacial score (nSPS) is 12.2. The van der Waals surface area contributed by atoms with E-state index >= 15 is 0 Å². The maximum absolute atomic E-state index is 13.4. The van der Waals surface area contributed by atoms with Crippen molar-refractivity contribution in [2.75, 3.05) is 7.11 Å². The molecule has 0 bridgehead atoms. The molecule has 0 aromatic heterocycles. The molecule has 0 heterocycles. The molecule has 1 atom stereocenters. The molecule has 0 saturated heterocycles. The van der Waals surface area contributed by atoms with Gasteiger partial charge in [-0.05, 0) is 18.6 Å². The van der Waals surface area contributed by atoms with Crippen LogP contribution in [-0.4, -0.2) is 18.2 Å². The summed E-state index contributed by atoms with van der Waals surface area (Å²) < 4.78 is 31.4. The van der Waals surface area contributed by atoms with Gasteiger partial charge in [0.05, 0.1) is 13.0 Å². The second-order valence-corrected chi connectivity index (χ2v) is 3.48. The smallest absolute Gasteiger partial charge is 0.306 e. The molecular weight excluding hydrogens is 218 g/mol. The largest absolute Gasteiger partial charge is 0.493 e. The first-order chi connectivity index (χ1) is 7.47. The number of benzene rings is 1. The number of halogens is 2. The second-order valence-electron chi connectivity index (χ2n) is 3.48. The van der Waals surface area contributed by atoms with Crippen molar-refractivity contribution in [3.8, 4) is 5.75 Å². The van der Waals surface area contributed by atoms with Gasteiger partial charge in [-0.3, -0.25) is 4.79 Å². The predicted octanol–water partition coefficient (Wildman–Crippen LogP) is 2.24. The fourth-order valence-electron chi connectivity index (χ4n) is 1.38. The molecule has 0 fully saturated rings. The number of carboxylic acid groups (broad SMARTS) is 1. The molecule has 0 radical (unpaired) electrons. The number of carboxylic acids is 1. The third-order valence-electron chi connectivity index (χ3n) is 2.29. The van der Waals surface area contributed by atoms with Crippen molar-refractivity contribution in [2.24, 2.45) is 5.92 Å². The van der Waals surface area contributed by atoms with E-state index in [-0.39, 0.29) is 17.7 Å². The van der Waals surface area contributed by atoms with E-state index in [0.29, 0.717) is 0 Å². The highest BCUT2D eigenvalue weighted by Gasteiger charge is 2.20. The van der Waals surface area contributed by atoms with Gasteiger partial charge in [0.15, 0.2) is 11.6 Å². The summed E-state index contributed by atoms with van der Waals surface area (Å²) in [6.45, 7) is 1.42. The lowest BCUT2D eigenvalue weighted by atomic mass is 10.00. The summed E-state index contributed by atoms with van der Waals surface area (Å²) in [6.07, 6.45) is -0.109. The summed E-state index contributed by atoms with van der Waals surface area (Å²) in [7, 11) is 1.22. The molecule has 0 spiro atoms. The molecular formula is C11H12F2O3. The quantitative estimate of drug-likeness (QED) is 0.862. The molecule has 88 valence electrons. The van der Waals surface area contributed by atoms with E-state index in [1.165, 1.54) is 14.0 Å². The fourth-order valence-corrected chi connectivity index (χ4v) is 1.38. The lowest BCUT2D eigenvalue weighted by molar-refractivity contribution is -0.141. The number of hydrogen-bond acceptors (Lipinski definition) is 2. The van der Waals surface area contributed by atoms with E-state index < -0.39 is 23.5 Å². The summed E-state index contributed by atoms with van der Waals surface area (Å²) in [6, 6.07) is 1.91. The first-order valence-electron chi connectivity index (χ1n) is 4.71. The summed E-state index contributed by atoms with van der Waals surface area (Å²) in [5.74, 6) is -3.45. The highest BCUT2D eigenvalue weighted by molar-refractivity contribution is 5.70. The van der Waals surface area contributed by atoms with Crippen molar-refractivity contribution < 1.29 is 23.4 Å². The molecule has 1 unspecified atom stereocenters. The Hall–Kier alpha value is -1.65. The van der Waals surface area contributed by atoms with Crippen LogP contribution in [0.1, 0.15) is 12.5 Å². The van der Waals surface area contributed by atoms with E-state index in [1.54, 1.807) is 0 Å². The molecule has 5 heteroatoms. The Morgan fingerprint density at radius 1 is 1.44 bits per heavy atom. The van der Waals surface area contributed by atoms with Crippen LogP contribution in [0.5, 0.6) is 5.75 Å². The predicted molar refractivity (Wildman–Crippen MR) is 53.4 cm³/mol. The van der Waals surface area contributed by atoms with Gasteiger partial charge in [0.2, 0.25) is 0 Å². The van der Waals surface area contributed by atoms with Crippen molar-refractivity contribution in [2.45, 2.75) is 13.3 Å². The van der Waals surface area contributed by atoms with Crippen LogP contribution in [0.15, 0.2) is 12.1 Å². The van der Waals surface area contributed by atoms with Crippen LogP contribution in [0.25, 0.3) is 0 Å². The van der Waals surface area contributed by atoms with Crippen LogP contribution in [0.3, 0.4) is 0 Å². The number of methoxy groups -OCH3 is 1. The third-order valence-corrected chi connectivity index (χ3v) is 2.29. The molecule has 1 rings (SSSR count). The minimum absolute atomic E-state index is 0.0441. The summed E-state index contributed by atoms with van der Waals surface area (Å²) >= 11 is 0. The van der Waals surface area contributed by atoms with Gasteiger partial charge >= 0.3 is 5.97 Å². The molecule has 1 aromatic rings. The van der Waals surface area contributed by atoms with Crippen molar-refractivity contribution in [3.63, 3.8) is 0 Å². The minimum Gasteiger partial charge on any atom is -0.493 e. The zero-order chi connectivity index (χ0) is 12.3. The first-order valence-corrected chi connectivity index (χ1v) is 4.71. The van der Waals surface area contributed by atoms with Crippen LogP contribution >= 0.6 is 0 Å². The average molecular weight is 230 g/mol. The molecule has 1 aromatic carbocycles. The lowest BCUT2D eigenvalue weighted by Crippen LogP contribution is -2.14. The molecule has 0 aliphatic heterocycles. The summed E-state index contributed by atoms with van der Waals surface area (Å²) in [5.41, 5.74) is -0.0441. The van der Waals surface area contributed by atoms with Crippen molar-refractivity contribution in [3.05, 3.63) is 29.3 Å². The van der Waals surface area contributed by atoms with Gasteiger partial charge in [-0.2, -0.15) is 0 Å². The fraction of sp³-hybridized carbons (Fsp3) is 0.364. The van der Waals surface area contributed by atoms with Gasteiger partial charge in [-0.1, -0.05) is 6.92 Å². The number of aliphatic carboxylic acids is 1. The minimum atomic E-state index is -1.06. The maximum atomic E-state index is 13.4. The van der Waals surface area contributed by atoms with E-state index in [4.69, 9.17) is 9.84 Å². The Bertz CT molecular complexity index is 404. The van der Waals surface area contributed by atoms with Gasteiger partial charge in [-0.25, -0.2) is 8.78 Å². The Labute approximate surface area is 91.7 Å². The van der Waals surface area contributed by atoms with Gasteiger partial charge in [0.25, 0.3) is 0 Å². The molecule has 16 heavy (non-hydrogen) atoms. The maximum Gasteiger partial charge on any atom is 0.306 e. The molecule has 0 aliphatic carbocycles. The number of carbonyl (C=O) groups is 1. The standard InChI is InChI=1S/C11H12F2O3/c1-6(11(14)15)5-7-8(12)3-4-9(13)10(7)16-2/h3-4,6H,5H2,1-2H3,(H,14,15). The second kappa shape index (κ2) is 4.92. The Morgan fingerprint density at radius 3 is 2.50 bits per heavy atom. The van der Waals surface area contributed by atoms with Crippen LogP contribution in [0.4, 0.5) is 8.78 Å². The molecule has 0 aliphatic rings. The van der Waals surface area contributed by atoms with E-state index in [9.17, 15) is 13.6 Å². The zero-order valence-corrected chi connectivity index (χ0v) is 8.96. The zero-order valence-electron chi connectivity index (χ0n) is 8.96. The summed E-state index contributed by atoms with van der Waals surface area (Å²) in [4.78, 5) is 10.6. The SMILES string of the molecule is COc1c(F)ccc(F)c1CC(C)C(=O)O. The van der Waals surface area contributed by atoms with Crippen molar-refractivity contribution >= 4 is 5.97 Å². The lowest BCUT2D eigenvalue weighted by Gasteiger charge is -2.12. The average Bonchev–Trinajstić information content (AvgIpc) is 2.23. The van der Waals surface area contributed by atoms with Gasteiger partial charge < -0.3 is 9.84 Å². The van der Waals surface area contributed by atoms with E-state index in [1.807, 2.05) is 0 Å². The Balaban J connectivity index is 3.11. The molecule has 3 nitrogen and oxygen atoms in total. The highest BCUT2D eigenvalue weighted by Crippen LogP contribution is 2.27. The first kappa shape index (κ1) is 12.4. The van der Waals surface area contributed by atoms with Crippen molar-refractivity contribution in [1.29, 1.82) is 0 Å². The molecule has 0 amide bonds. The molecule has 0 saturated carbocycles. The van der Waals surface area contributed by atoms with Crippen LogP contribution in [0, 0.1) is 17.6 Å². The third kappa shape index (κ3) is 2.48. The monoisotopic (exact) mass is 230 g/mol. The highest BCUT2D eigenvalue weighted by atomic mass is 19.1. The van der Waals surface area contributed by atoms with Crippen molar-refractivity contribution in [1.82, 2.24) is 0 Å². The van der Waals surface area contributed by atoms with E-state index in [0.717, 1.165) is 12.1 Å². The van der Waals surface area contributed by atoms with Crippen LogP contribution in [-0.2, 0) is 11.2 Å². The van der Waals surface area contributed by atoms with Crippen LogP contribution in [0.2, 0.25) is 0 Å². The van der Waals surface area contributed by atoms with E-state index in [2.05, 4.69) is 0 Å². The van der Waals surface area contributed by atoms with Gasteiger partial charge in [-0.15, -0.1) is 0 Å².